The highest BCUT2D eigenvalue weighted by Gasteiger charge is 2.01. The van der Waals surface area contributed by atoms with Gasteiger partial charge in [-0.2, -0.15) is 0 Å². The Morgan fingerprint density at radius 3 is 3.00 bits per heavy atom. The van der Waals surface area contributed by atoms with E-state index >= 15 is 0 Å². The zero-order valence-electron chi connectivity index (χ0n) is 7.77. The van der Waals surface area contributed by atoms with Crippen molar-refractivity contribution in [2.45, 2.75) is 0 Å². The number of H-pyrrole nitrogens is 2. The molecule has 5 heteroatoms. The monoisotopic (exact) mass is 203 g/mol. The minimum Gasteiger partial charge on any atom is -0.478 e. The van der Waals surface area contributed by atoms with Crippen LogP contribution < -0.4 is 0 Å². The fraction of sp³-hybridized carbons (Fsp3) is 0. The van der Waals surface area contributed by atoms with Crippen LogP contribution >= 0.6 is 0 Å². The lowest BCUT2D eigenvalue weighted by molar-refractivity contribution is -0.131. The summed E-state index contributed by atoms with van der Waals surface area (Å²) in [6.07, 6.45) is 5.91. The van der Waals surface area contributed by atoms with Crippen molar-refractivity contribution in [2.24, 2.45) is 0 Å². The third kappa shape index (κ3) is 2.14. The first kappa shape index (κ1) is 9.26. The molecule has 0 bridgehead atoms. The molecule has 0 atom stereocenters. The van der Waals surface area contributed by atoms with Gasteiger partial charge in [-0.15, -0.1) is 0 Å². The number of nitrogens with zero attached hydrogens (tertiary/aromatic N) is 1. The smallest absolute Gasteiger partial charge is 0.328 e. The summed E-state index contributed by atoms with van der Waals surface area (Å²) in [4.78, 5) is 20.3. The van der Waals surface area contributed by atoms with Gasteiger partial charge in [-0.1, -0.05) is 0 Å². The molecule has 0 aliphatic rings. The summed E-state index contributed by atoms with van der Waals surface area (Å²) >= 11 is 0. The van der Waals surface area contributed by atoms with Crippen LogP contribution in [0.15, 0.2) is 30.6 Å². The Bertz CT molecular complexity index is 483. The summed E-state index contributed by atoms with van der Waals surface area (Å²) in [5, 5.41) is 8.43. The molecule has 2 heterocycles. The second-order valence-electron chi connectivity index (χ2n) is 2.94. The van der Waals surface area contributed by atoms with Crippen molar-refractivity contribution >= 4 is 12.0 Å². The first-order valence-corrected chi connectivity index (χ1v) is 4.35. The number of carbonyl (C=O) groups is 1. The van der Waals surface area contributed by atoms with Gasteiger partial charge in [0.05, 0.1) is 17.6 Å². The summed E-state index contributed by atoms with van der Waals surface area (Å²) < 4.78 is 0. The molecule has 0 saturated carbocycles. The second-order valence-corrected chi connectivity index (χ2v) is 2.94. The Morgan fingerprint density at radius 2 is 2.33 bits per heavy atom. The lowest BCUT2D eigenvalue weighted by Gasteiger charge is -1.89. The number of imidazole rings is 1. The molecule has 2 aromatic rings. The van der Waals surface area contributed by atoms with Crippen molar-refractivity contribution in [1.29, 1.82) is 0 Å². The van der Waals surface area contributed by atoms with Crippen LogP contribution in [0.3, 0.4) is 0 Å². The highest BCUT2D eigenvalue weighted by atomic mass is 16.4. The van der Waals surface area contributed by atoms with Gasteiger partial charge in [0, 0.05) is 12.3 Å². The van der Waals surface area contributed by atoms with Gasteiger partial charge in [-0.3, -0.25) is 0 Å². The molecule has 15 heavy (non-hydrogen) atoms. The lowest BCUT2D eigenvalue weighted by Crippen LogP contribution is -1.86. The van der Waals surface area contributed by atoms with E-state index < -0.39 is 5.97 Å². The minimum absolute atomic E-state index is 0.516. The van der Waals surface area contributed by atoms with Crippen LogP contribution in [0.2, 0.25) is 0 Å². The highest BCUT2D eigenvalue weighted by molar-refractivity contribution is 5.84. The number of carboxylic acid groups (broad SMARTS) is 1. The van der Waals surface area contributed by atoms with Crippen molar-refractivity contribution in [2.75, 3.05) is 0 Å². The number of nitrogens with one attached hydrogen (secondary N) is 2. The standard InChI is InChI=1S/C10H9N3O2/c14-10(15)4-3-9-12-6-8(13-9)7-2-1-5-11-7/h1-6,11H,(H,12,13)(H,14,15)/b4-3+. The van der Waals surface area contributed by atoms with E-state index in [9.17, 15) is 4.79 Å². The van der Waals surface area contributed by atoms with Crippen LogP contribution in [0, 0.1) is 0 Å². The summed E-state index contributed by atoms with van der Waals surface area (Å²) in [7, 11) is 0. The van der Waals surface area contributed by atoms with Gasteiger partial charge in [-0.05, 0) is 18.2 Å². The van der Waals surface area contributed by atoms with Crippen molar-refractivity contribution in [1.82, 2.24) is 15.0 Å². The highest BCUT2D eigenvalue weighted by Crippen LogP contribution is 2.14. The van der Waals surface area contributed by atoms with E-state index in [4.69, 9.17) is 5.11 Å². The first-order valence-electron chi connectivity index (χ1n) is 4.35. The van der Waals surface area contributed by atoms with Crippen molar-refractivity contribution in [3.05, 3.63) is 36.4 Å². The third-order valence-electron chi connectivity index (χ3n) is 1.87. The van der Waals surface area contributed by atoms with Crippen LogP contribution in [0.5, 0.6) is 0 Å². The van der Waals surface area contributed by atoms with Gasteiger partial charge in [0.1, 0.15) is 5.82 Å². The Kier molecular flexibility index (Phi) is 2.37. The van der Waals surface area contributed by atoms with Crippen molar-refractivity contribution in [3.63, 3.8) is 0 Å². The minimum atomic E-state index is -0.993. The quantitative estimate of drug-likeness (QED) is 0.661. The molecule has 76 valence electrons. The van der Waals surface area contributed by atoms with E-state index in [0.29, 0.717) is 5.82 Å². The molecule has 2 rings (SSSR count). The maximum absolute atomic E-state index is 10.3. The molecule has 0 spiro atoms. The fourth-order valence-corrected chi connectivity index (χ4v) is 1.21. The number of carboxylic acids is 1. The van der Waals surface area contributed by atoms with Crippen LogP contribution in [-0.2, 0) is 4.79 Å². The maximum Gasteiger partial charge on any atom is 0.328 e. The topological polar surface area (TPSA) is 81.8 Å². The number of rotatable bonds is 3. The lowest BCUT2D eigenvalue weighted by atomic mass is 10.3. The molecule has 0 aliphatic carbocycles. The number of hydrogen-bond acceptors (Lipinski definition) is 2. The third-order valence-corrected chi connectivity index (χ3v) is 1.87. The molecular weight excluding hydrogens is 194 g/mol. The predicted molar refractivity (Wildman–Crippen MR) is 55.0 cm³/mol. The molecule has 0 radical (unpaired) electrons. The summed E-state index contributed by atoms with van der Waals surface area (Å²) in [5.74, 6) is -0.477. The molecule has 2 aromatic heterocycles. The van der Waals surface area contributed by atoms with Gasteiger partial charge in [0.2, 0.25) is 0 Å². The van der Waals surface area contributed by atoms with Crippen molar-refractivity contribution < 1.29 is 9.90 Å². The number of aliphatic carboxylic acids is 1. The predicted octanol–water partition coefficient (Wildman–Crippen LogP) is 1.50. The normalized spacial score (nSPS) is 10.9. The molecular formula is C10H9N3O2. The summed E-state index contributed by atoms with van der Waals surface area (Å²) in [6, 6.07) is 3.78. The van der Waals surface area contributed by atoms with Gasteiger partial charge in [0.15, 0.2) is 0 Å². The molecule has 0 amide bonds. The summed E-state index contributed by atoms with van der Waals surface area (Å²) in [5.41, 5.74) is 1.74. The SMILES string of the molecule is O=C(O)/C=C/c1ncc(-c2ccc[nH]2)[nH]1. The Labute approximate surface area is 85.5 Å². The maximum atomic E-state index is 10.3. The molecule has 0 unspecified atom stereocenters. The van der Waals surface area contributed by atoms with Crippen LogP contribution in [0.4, 0.5) is 0 Å². The average Bonchev–Trinajstić information content (AvgIpc) is 2.85. The Morgan fingerprint density at radius 1 is 1.47 bits per heavy atom. The number of hydrogen-bond donors (Lipinski definition) is 3. The van der Waals surface area contributed by atoms with E-state index in [1.54, 1.807) is 6.20 Å². The van der Waals surface area contributed by atoms with Gasteiger partial charge >= 0.3 is 5.97 Å². The molecule has 0 aromatic carbocycles. The number of aromatic nitrogens is 3. The zero-order chi connectivity index (χ0) is 10.7. The van der Waals surface area contributed by atoms with Gasteiger partial charge < -0.3 is 15.1 Å². The second kappa shape index (κ2) is 3.83. The average molecular weight is 203 g/mol. The largest absolute Gasteiger partial charge is 0.478 e. The van der Waals surface area contributed by atoms with Gasteiger partial charge in [0.25, 0.3) is 0 Å². The van der Waals surface area contributed by atoms with Crippen LogP contribution in [0.25, 0.3) is 17.5 Å². The van der Waals surface area contributed by atoms with Gasteiger partial charge in [-0.25, -0.2) is 9.78 Å². The van der Waals surface area contributed by atoms with Crippen LogP contribution in [-0.4, -0.2) is 26.0 Å². The van der Waals surface area contributed by atoms with E-state index in [0.717, 1.165) is 17.5 Å². The molecule has 5 nitrogen and oxygen atoms in total. The van der Waals surface area contributed by atoms with E-state index in [-0.39, 0.29) is 0 Å². The van der Waals surface area contributed by atoms with E-state index in [2.05, 4.69) is 15.0 Å². The number of aromatic amines is 2. The molecule has 3 N–H and O–H groups in total. The van der Waals surface area contributed by atoms with E-state index in [1.807, 2.05) is 18.3 Å². The Hall–Kier alpha value is -2.30. The molecule has 0 saturated heterocycles. The zero-order valence-corrected chi connectivity index (χ0v) is 7.77. The first-order chi connectivity index (χ1) is 7.25. The molecule has 0 aliphatic heterocycles. The van der Waals surface area contributed by atoms with Crippen LogP contribution in [0.1, 0.15) is 5.82 Å². The van der Waals surface area contributed by atoms with E-state index in [1.165, 1.54) is 6.08 Å². The molecule has 0 fully saturated rings. The van der Waals surface area contributed by atoms with Crippen molar-refractivity contribution in [3.8, 4) is 11.4 Å². The fourth-order valence-electron chi connectivity index (χ4n) is 1.21. The summed E-state index contributed by atoms with van der Waals surface area (Å²) in [6.45, 7) is 0. The Balaban J connectivity index is 2.21.